The molecule has 1 aromatic rings. The molecule has 1 atom stereocenters. The minimum Gasteiger partial charge on any atom is -0.480 e. The molecule has 1 unspecified atom stereocenters. The number of hydrogen-bond donors (Lipinski definition) is 3. The molecule has 1 fully saturated rings. The van der Waals surface area contributed by atoms with Gasteiger partial charge in [0.25, 0.3) is 11.1 Å². The maximum absolute atomic E-state index is 11.6. The summed E-state index contributed by atoms with van der Waals surface area (Å²) in [5.74, 6) is -0.877. The summed E-state index contributed by atoms with van der Waals surface area (Å²) in [6.07, 6.45) is 11.8. The van der Waals surface area contributed by atoms with Gasteiger partial charge in [-0.3, -0.25) is 14.9 Å². The van der Waals surface area contributed by atoms with Crippen LogP contribution < -0.4 is 10.2 Å². The molecule has 0 bridgehead atoms. The molecule has 1 saturated heterocycles. The Balaban J connectivity index is 1.95. The fourth-order valence-corrected chi connectivity index (χ4v) is 3.28. The number of carbonyl (C=O) groups is 3. The van der Waals surface area contributed by atoms with Gasteiger partial charge >= 0.3 is 5.97 Å². The molecule has 0 radical (unpaired) electrons. The van der Waals surface area contributed by atoms with Gasteiger partial charge in [-0.05, 0) is 37.0 Å². The molecule has 1 aliphatic heterocycles. The zero-order valence-corrected chi connectivity index (χ0v) is 15.2. The van der Waals surface area contributed by atoms with E-state index >= 15 is 0 Å². The monoisotopic (exact) mass is 386 g/mol. The molecule has 8 nitrogen and oxygen atoms in total. The lowest BCUT2D eigenvalue weighted by molar-refractivity contribution is -0.138. The van der Waals surface area contributed by atoms with Crippen LogP contribution in [0.1, 0.15) is 30.5 Å². The van der Waals surface area contributed by atoms with Gasteiger partial charge in [0.15, 0.2) is 0 Å². The van der Waals surface area contributed by atoms with Crippen LogP contribution in [0, 0.1) is 0 Å². The van der Waals surface area contributed by atoms with Crippen LogP contribution in [0.4, 0.5) is 10.6 Å². The van der Waals surface area contributed by atoms with Crippen LogP contribution in [0.25, 0.3) is 12.2 Å². The van der Waals surface area contributed by atoms with E-state index in [-0.39, 0.29) is 0 Å². The van der Waals surface area contributed by atoms with E-state index in [4.69, 9.17) is 0 Å². The summed E-state index contributed by atoms with van der Waals surface area (Å²) >= 11 is 3.50. The third-order valence-electron chi connectivity index (χ3n) is 4.34. The van der Waals surface area contributed by atoms with Crippen molar-refractivity contribution in [1.29, 1.82) is 0 Å². The quantitative estimate of drug-likeness (QED) is 0.536. The average Bonchev–Trinajstić information content (AvgIpc) is 3.00. The van der Waals surface area contributed by atoms with E-state index in [0.29, 0.717) is 36.5 Å². The maximum Gasteiger partial charge on any atom is 0.326 e. The number of imide groups is 1. The summed E-state index contributed by atoms with van der Waals surface area (Å²) in [4.78, 5) is 44.4. The van der Waals surface area contributed by atoms with Crippen LogP contribution in [0.5, 0.6) is 0 Å². The topological polar surface area (TPSA) is 112 Å². The number of allylic oxidation sites excluding steroid dienone is 3. The lowest BCUT2D eigenvalue weighted by Crippen LogP contribution is -2.37. The van der Waals surface area contributed by atoms with E-state index in [1.54, 1.807) is 11.0 Å². The Morgan fingerprint density at radius 3 is 2.89 bits per heavy atom. The van der Waals surface area contributed by atoms with Gasteiger partial charge in [-0.2, -0.15) is 0 Å². The van der Waals surface area contributed by atoms with Gasteiger partial charge in [0, 0.05) is 18.2 Å². The molecule has 2 heterocycles. The van der Waals surface area contributed by atoms with Crippen molar-refractivity contribution in [3.63, 3.8) is 0 Å². The van der Waals surface area contributed by atoms with Crippen molar-refractivity contribution in [1.82, 2.24) is 15.3 Å². The lowest BCUT2D eigenvalue weighted by Gasteiger charge is -2.24. The zero-order chi connectivity index (χ0) is 19.4. The SMILES string of the molecule is O=C(S)NC(=O)/C=C/C1=Cc2c(ncnc2N2CCCC2C(=O)O)C=CC1. The molecule has 1 aliphatic carbocycles. The summed E-state index contributed by atoms with van der Waals surface area (Å²) in [6.45, 7) is 0.607. The van der Waals surface area contributed by atoms with E-state index in [9.17, 15) is 19.5 Å². The van der Waals surface area contributed by atoms with Crippen LogP contribution in [0.15, 0.2) is 30.1 Å². The maximum atomic E-state index is 11.6. The number of thiol groups is 1. The number of carboxylic acid groups (broad SMARTS) is 1. The van der Waals surface area contributed by atoms with Gasteiger partial charge in [-0.15, -0.1) is 0 Å². The van der Waals surface area contributed by atoms with Crippen molar-refractivity contribution in [3.05, 3.63) is 41.4 Å². The van der Waals surface area contributed by atoms with Crippen molar-refractivity contribution < 1.29 is 19.5 Å². The number of hydrogen-bond acceptors (Lipinski definition) is 6. The van der Waals surface area contributed by atoms with Gasteiger partial charge < -0.3 is 10.0 Å². The highest BCUT2D eigenvalue weighted by Crippen LogP contribution is 2.32. The van der Waals surface area contributed by atoms with Crippen LogP contribution in [0.3, 0.4) is 0 Å². The van der Waals surface area contributed by atoms with Crippen LogP contribution in [-0.4, -0.2) is 44.8 Å². The fourth-order valence-electron chi connectivity index (χ4n) is 3.17. The van der Waals surface area contributed by atoms with Crippen molar-refractivity contribution >= 4 is 47.7 Å². The van der Waals surface area contributed by atoms with Gasteiger partial charge in [0.2, 0.25) is 0 Å². The number of rotatable bonds is 4. The number of aliphatic carboxylic acids is 1. The summed E-state index contributed by atoms with van der Waals surface area (Å²) in [5.41, 5.74) is 2.20. The van der Waals surface area contributed by atoms with Crippen LogP contribution in [-0.2, 0) is 9.59 Å². The number of carboxylic acids is 1. The molecule has 0 spiro atoms. The third-order valence-corrected chi connectivity index (χ3v) is 4.45. The predicted octanol–water partition coefficient (Wildman–Crippen LogP) is 2.05. The van der Waals surface area contributed by atoms with Gasteiger partial charge in [-0.25, -0.2) is 14.8 Å². The second-order valence-corrected chi connectivity index (χ2v) is 6.55. The van der Waals surface area contributed by atoms with Crippen molar-refractivity contribution in [2.75, 3.05) is 11.4 Å². The molecule has 3 rings (SSSR count). The summed E-state index contributed by atoms with van der Waals surface area (Å²) < 4.78 is 0. The minimum atomic E-state index is -0.874. The van der Waals surface area contributed by atoms with Gasteiger partial charge in [0.05, 0.1) is 5.69 Å². The Bertz CT molecular complexity index is 878. The largest absolute Gasteiger partial charge is 0.480 e. The second-order valence-electron chi connectivity index (χ2n) is 6.14. The van der Waals surface area contributed by atoms with Crippen molar-refractivity contribution in [2.45, 2.75) is 25.3 Å². The number of nitrogens with one attached hydrogen (secondary N) is 1. The lowest BCUT2D eigenvalue weighted by atomic mass is 10.1. The molecule has 2 aliphatic rings. The number of carbonyl (C=O) groups excluding carboxylic acids is 2. The summed E-state index contributed by atoms with van der Waals surface area (Å²) in [5, 5.41) is 10.8. The summed E-state index contributed by atoms with van der Waals surface area (Å²) in [7, 11) is 0. The van der Waals surface area contributed by atoms with E-state index in [0.717, 1.165) is 12.0 Å². The molecule has 1 aromatic heterocycles. The first-order valence-electron chi connectivity index (χ1n) is 8.39. The number of aromatic nitrogens is 2. The molecule has 0 aromatic carbocycles. The minimum absolute atomic E-state index is 0.552. The molecule has 9 heteroatoms. The van der Waals surface area contributed by atoms with Crippen molar-refractivity contribution in [2.24, 2.45) is 0 Å². The highest BCUT2D eigenvalue weighted by Gasteiger charge is 2.33. The normalized spacial score (nSPS) is 18.8. The fraction of sp³-hybridized carbons (Fsp3) is 0.278. The Morgan fingerprint density at radius 1 is 1.33 bits per heavy atom. The first-order chi connectivity index (χ1) is 13.0. The molecular formula is C18H18N4O4S. The van der Waals surface area contributed by atoms with E-state index in [1.807, 2.05) is 23.5 Å². The Labute approximate surface area is 161 Å². The molecule has 27 heavy (non-hydrogen) atoms. The highest BCUT2D eigenvalue weighted by molar-refractivity contribution is 7.96. The standard InChI is InChI=1S/C18H18N4O4S/c23-15(21-18(26)27)7-6-11-3-1-4-13-12(9-11)16(20-10-19-13)22-8-2-5-14(22)17(24)25/h1,4,6-7,9-10,14H,2-3,5,8H2,(H,24,25)(H2,21,23,26,27)/b7-6+. The van der Waals surface area contributed by atoms with Crippen molar-refractivity contribution in [3.8, 4) is 0 Å². The highest BCUT2D eigenvalue weighted by atomic mass is 32.1. The van der Waals surface area contributed by atoms with E-state index in [1.165, 1.54) is 12.4 Å². The molecule has 140 valence electrons. The van der Waals surface area contributed by atoms with Gasteiger partial charge in [0.1, 0.15) is 18.2 Å². The average molecular weight is 386 g/mol. The van der Waals surface area contributed by atoms with Crippen LogP contribution >= 0.6 is 12.6 Å². The molecular weight excluding hydrogens is 368 g/mol. The number of anilines is 1. The molecule has 2 amide bonds. The second kappa shape index (κ2) is 8.17. The zero-order valence-electron chi connectivity index (χ0n) is 14.3. The first kappa shape index (κ1) is 18.8. The first-order valence-corrected chi connectivity index (χ1v) is 8.84. The smallest absolute Gasteiger partial charge is 0.326 e. The number of fused-ring (bicyclic) bond motifs is 1. The van der Waals surface area contributed by atoms with Crippen LogP contribution in [0.2, 0.25) is 0 Å². The van der Waals surface area contributed by atoms with E-state index in [2.05, 4.69) is 22.6 Å². The Morgan fingerprint density at radius 2 is 2.15 bits per heavy atom. The number of nitrogens with zero attached hydrogens (tertiary/aromatic N) is 3. The van der Waals surface area contributed by atoms with E-state index < -0.39 is 23.2 Å². The Hall–Kier alpha value is -2.94. The summed E-state index contributed by atoms with van der Waals surface area (Å²) in [6, 6.07) is -0.615. The molecule has 2 N–H and O–H groups in total. The third kappa shape index (κ3) is 4.43. The Kier molecular flexibility index (Phi) is 5.70. The predicted molar refractivity (Wildman–Crippen MR) is 103 cm³/mol. The van der Waals surface area contributed by atoms with Gasteiger partial charge in [-0.1, -0.05) is 24.8 Å². The molecule has 0 saturated carbocycles. The number of amides is 2.